The van der Waals surface area contributed by atoms with Crippen LogP contribution < -0.4 is 15.4 Å². The monoisotopic (exact) mass is 351 g/mol. The number of aromatic nitrogens is 1. The lowest BCUT2D eigenvalue weighted by Crippen LogP contribution is -2.48. The summed E-state index contributed by atoms with van der Waals surface area (Å²) in [7, 11) is 0. The van der Waals surface area contributed by atoms with Crippen LogP contribution in [0.4, 0.5) is 0 Å². The summed E-state index contributed by atoms with van der Waals surface area (Å²) in [6.45, 7) is 3.11. The second-order valence-corrected chi connectivity index (χ2v) is 6.86. The van der Waals surface area contributed by atoms with Crippen LogP contribution >= 0.6 is 22.9 Å². The first-order valence-electron chi connectivity index (χ1n) is 7.48. The minimum atomic E-state index is 0.0207. The molecule has 1 aromatic carbocycles. The Morgan fingerprint density at radius 3 is 2.87 bits per heavy atom. The third-order valence-corrected chi connectivity index (χ3v) is 4.69. The molecule has 2 aromatic rings. The van der Waals surface area contributed by atoms with Crippen LogP contribution in [0.15, 0.2) is 29.6 Å². The Morgan fingerprint density at radius 2 is 2.17 bits per heavy atom. The molecule has 0 atom stereocenters. The highest BCUT2D eigenvalue weighted by atomic mass is 35.5. The highest BCUT2D eigenvalue weighted by molar-refractivity contribution is 7.09. The standard InChI is InChI=1S/C16H18ClN3O2S/c17-12-1-3-14(4-2-12)22-9-16-20-13(10-23-16)5-15(21)19-8-11-6-18-7-11/h1-4,10-11,18H,5-9H2,(H,19,21). The summed E-state index contributed by atoms with van der Waals surface area (Å²) in [5, 5.41) is 9.57. The van der Waals surface area contributed by atoms with Crippen molar-refractivity contribution in [3.63, 3.8) is 0 Å². The van der Waals surface area contributed by atoms with Gasteiger partial charge in [-0.2, -0.15) is 0 Å². The average molecular weight is 352 g/mol. The average Bonchev–Trinajstić information content (AvgIpc) is 2.92. The van der Waals surface area contributed by atoms with E-state index in [1.165, 1.54) is 11.3 Å². The number of amides is 1. The molecule has 3 rings (SSSR count). The van der Waals surface area contributed by atoms with E-state index in [1.807, 2.05) is 17.5 Å². The Bertz CT molecular complexity index is 656. The second kappa shape index (κ2) is 7.77. The van der Waals surface area contributed by atoms with Crippen LogP contribution in [-0.2, 0) is 17.8 Å². The normalized spacial score (nSPS) is 14.3. The fourth-order valence-corrected chi connectivity index (χ4v) is 2.98. The van der Waals surface area contributed by atoms with Gasteiger partial charge in [-0.1, -0.05) is 11.6 Å². The minimum Gasteiger partial charge on any atom is -0.486 e. The molecule has 0 radical (unpaired) electrons. The summed E-state index contributed by atoms with van der Waals surface area (Å²) < 4.78 is 5.65. The number of benzene rings is 1. The lowest BCUT2D eigenvalue weighted by Gasteiger charge is -2.26. The number of hydrogen-bond donors (Lipinski definition) is 2. The van der Waals surface area contributed by atoms with Crippen LogP contribution in [0.5, 0.6) is 5.75 Å². The minimum absolute atomic E-state index is 0.0207. The number of carbonyl (C=O) groups is 1. The van der Waals surface area contributed by atoms with Gasteiger partial charge >= 0.3 is 0 Å². The molecule has 5 nitrogen and oxygen atoms in total. The van der Waals surface area contributed by atoms with Gasteiger partial charge in [0, 0.05) is 36.0 Å². The van der Waals surface area contributed by atoms with Gasteiger partial charge in [-0.3, -0.25) is 4.79 Å². The highest BCUT2D eigenvalue weighted by Gasteiger charge is 2.17. The SMILES string of the molecule is O=C(Cc1csc(COc2ccc(Cl)cc2)n1)NCC1CNC1. The topological polar surface area (TPSA) is 63.2 Å². The summed E-state index contributed by atoms with van der Waals surface area (Å²) in [5.41, 5.74) is 0.786. The molecule has 1 saturated heterocycles. The smallest absolute Gasteiger partial charge is 0.226 e. The zero-order valence-electron chi connectivity index (χ0n) is 12.5. The predicted octanol–water partition coefficient (Wildman–Crippen LogP) is 2.25. The van der Waals surface area contributed by atoms with Crippen molar-refractivity contribution in [3.8, 4) is 5.75 Å². The molecular formula is C16H18ClN3O2S. The first kappa shape index (κ1) is 16.2. The van der Waals surface area contributed by atoms with Crippen molar-refractivity contribution in [3.05, 3.63) is 45.4 Å². The molecule has 1 aliphatic rings. The van der Waals surface area contributed by atoms with Crippen LogP contribution in [0.3, 0.4) is 0 Å². The molecule has 1 aliphatic heterocycles. The van der Waals surface area contributed by atoms with E-state index in [2.05, 4.69) is 15.6 Å². The van der Waals surface area contributed by atoms with E-state index in [9.17, 15) is 4.79 Å². The summed E-state index contributed by atoms with van der Waals surface area (Å²) in [4.78, 5) is 16.3. The fourth-order valence-electron chi connectivity index (χ4n) is 2.15. The molecule has 0 saturated carbocycles. The van der Waals surface area contributed by atoms with Crippen molar-refractivity contribution in [1.82, 2.24) is 15.6 Å². The molecule has 2 N–H and O–H groups in total. The number of carbonyl (C=O) groups excluding carboxylic acids is 1. The molecular weight excluding hydrogens is 334 g/mol. The van der Waals surface area contributed by atoms with Gasteiger partial charge < -0.3 is 15.4 Å². The molecule has 23 heavy (non-hydrogen) atoms. The molecule has 0 bridgehead atoms. The summed E-state index contributed by atoms with van der Waals surface area (Å²) in [5.74, 6) is 1.34. The maximum Gasteiger partial charge on any atom is 0.226 e. The van der Waals surface area contributed by atoms with Gasteiger partial charge in [0.05, 0.1) is 12.1 Å². The molecule has 0 unspecified atom stereocenters. The largest absolute Gasteiger partial charge is 0.486 e. The molecule has 2 heterocycles. The first-order valence-corrected chi connectivity index (χ1v) is 8.74. The van der Waals surface area contributed by atoms with E-state index >= 15 is 0 Å². The zero-order valence-corrected chi connectivity index (χ0v) is 14.1. The number of nitrogens with zero attached hydrogens (tertiary/aromatic N) is 1. The van der Waals surface area contributed by atoms with E-state index in [4.69, 9.17) is 16.3 Å². The Labute approximate surface area is 144 Å². The van der Waals surface area contributed by atoms with Crippen molar-refractivity contribution in [1.29, 1.82) is 0 Å². The molecule has 0 aliphatic carbocycles. The number of hydrogen-bond acceptors (Lipinski definition) is 5. The van der Waals surface area contributed by atoms with Crippen LogP contribution in [0.2, 0.25) is 5.02 Å². The van der Waals surface area contributed by atoms with Crippen LogP contribution in [0.1, 0.15) is 10.7 Å². The lowest BCUT2D eigenvalue weighted by molar-refractivity contribution is -0.120. The van der Waals surface area contributed by atoms with Gasteiger partial charge in [0.15, 0.2) is 0 Å². The summed E-state index contributed by atoms with van der Waals surface area (Å²) in [6, 6.07) is 7.21. The second-order valence-electron chi connectivity index (χ2n) is 5.48. The van der Waals surface area contributed by atoms with E-state index in [-0.39, 0.29) is 5.91 Å². The predicted molar refractivity (Wildman–Crippen MR) is 91.0 cm³/mol. The molecule has 1 fully saturated rings. The number of nitrogens with one attached hydrogen (secondary N) is 2. The van der Waals surface area contributed by atoms with Gasteiger partial charge in [-0.15, -0.1) is 11.3 Å². The number of rotatable bonds is 7. The number of halogens is 1. The van der Waals surface area contributed by atoms with Crippen molar-refractivity contribution < 1.29 is 9.53 Å². The Kier molecular flexibility index (Phi) is 5.48. The third kappa shape index (κ3) is 4.92. The van der Waals surface area contributed by atoms with Gasteiger partial charge in [0.25, 0.3) is 0 Å². The van der Waals surface area contributed by atoms with E-state index in [0.29, 0.717) is 24.0 Å². The molecule has 1 aromatic heterocycles. The first-order chi connectivity index (χ1) is 11.2. The van der Waals surface area contributed by atoms with E-state index < -0.39 is 0 Å². The van der Waals surface area contributed by atoms with Crippen molar-refractivity contribution in [2.75, 3.05) is 19.6 Å². The molecule has 0 spiro atoms. The number of ether oxygens (including phenoxy) is 1. The lowest BCUT2D eigenvalue weighted by atomic mass is 10.0. The Hall–Kier alpha value is -1.63. The van der Waals surface area contributed by atoms with Crippen molar-refractivity contribution >= 4 is 28.8 Å². The van der Waals surface area contributed by atoms with Gasteiger partial charge in [-0.05, 0) is 24.3 Å². The van der Waals surface area contributed by atoms with Crippen LogP contribution in [0, 0.1) is 5.92 Å². The maximum atomic E-state index is 11.9. The Morgan fingerprint density at radius 1 is 1.39 bits per heavy atom. The van der Waals surface area contributed by atoms with E-state index in [1.54, 1.807) is 12.1 Å². The van der Waals surface area contributed by atoms with E-state index in [0.717, 1.165) is 36.1 Å². The molecule has 1 amide bonds. The zero-order chi connectivity index (χ0) is 16.1. The number of thiazole rings is 1. The van der Waals surface area contributed by atoms with Crippen LogP contribution in [0.25, 0.3) is 0 Å². The van der Waals surface area contributed by atoms with Gasteiger partial charge in [0.2, 0.25) is 5.91 Å². The molecule has 122 valence electrons. The third-order valence-electron chi connectivity index (χ3n) is 3.57. The van der Waals surface area contributed by atoms with Crippen molar-refractivity contribution in [2.45, 2.75) is 13.0 Å². The fraction of sp³-hybridized carbons (Fsp3) is 0.375. The highest BCUT2D eigenvalue weighted by Crippen LogP contribution is 2.18. The maximum absolute atomic E-state index is 11.9. The van der Waals surface area contributed by atoms with Gasteiger partial charge in [0.1, 0.15) is 17.4 Å². The summed E-state index contributed by atoms with van der Waals surface area (Å²) in [6.07, 6.45) is 0.317. The van der Waals surface area contributed by atoms with Crippen LogP contribution in [-0.4, -0.2) is 30.5 Å². The van der Waals surface area contributed by atoms with Gasteiger partial charge in [-0.25, -0.2) is 4.98 Å². The summed E-state index contributed by atoms with van der Waals surface area (Å²) >= 11 is 7.33. The van der Waals surface area contributed by atoms with Crippen molar-refractivity contribution in [2.24, 2.45) is 5.92 Å². The molecule has 7 heteroatoms. The quantitative estimate of drug-likeness (QED) is 0.803. The Balaban J connectivity index is 1.43.